The smallest absolute Gasteiger partial charge is 0.119 e. The van der Waals surface area contributed by atoms with Crippen molar-refractivity contribution in [2.75, 3.05) is 6.61 Å². The van der Waals surface area contributed by atoms with Crippen LogP contribution in [0.4, 0.5) is 0 Å². The van der Waals surface area contributed by atoms with Crippen LogP contribution in [-0.4, -0.2) is 6.61 Å². The maximum absolute atomic E-state index is 5.76. The second-order valence-corrected chi connectivity index (χ2v) is 10.3. The van der Waals surface area contributed by atoms with E-state index in [4.69, 9.17) is 4.74 Å². The first-order valence-electron chi connectivity index (χ1n) is 15.1. The Morgan fingerprint density at radius 3 is 1.03 bits per heavy atom. The van der Waals surface area contributed by atoms with Gasteiger partial charge < -0.3 is 4.74 Å². The van der Waals surface area contributed by atoms with Gasteiger partial charge in [-0.2, -0.15) is 0 Å². The molecule has 0 atom stereocenters. The predicted octanol–water partition coefficient (Wildman–Crippen LogP) is 11.4. The number of benzene rings is 1. The molecule has 1 nitrogen and oxygen atoms in total. The van der Waals surface area contributed by atoms with E-state index in [1.165, 1.54) is 154 Å². The van der Waals surface area contributed by atoms with Crippen molar-refractivity contribution >= 4 is 0 Å². The molecule has 0 N–H and O–H groups in total. The Morgan fingerprint density at radius 2 is 0.697 bits per heavy atom. The molecule has 0 unspecified atom stereocenters. The summed E-state index contributed by atoms with van der Waals surface area (Å²) in [6, 6.07) is 10.2. The summed E-state index contributed by atoms with van der Waals surface area (Å²) in [5.41, 5.74) is 0. The topological polar surface area (TPSA) is 9.23 Å². The van der Waals surface area contributed by atoms with Crippen LogP contribution in [0.1, 0.15) is 161 Å². The highest BCUT2D eigenvalue weighted by Gasteiger charge is 1.96. The van der Waals surface area contributed by atoms with E-state index in [1.54, 1.807) is 0 Å². The third-order valence-corrected chi connectivity index (χ3v) is 7.01. The van der Waals surface area contributed by atoms with Gasteiger partial charge in [0.15, 0.2) is 0 Å². The second-order valence-electron chi connectivity index (χ2n) is 10.3. The molecule has 0 bridgehead atoms. The highest BCUT2D eigenvalue weighted by Crippen LogP contribution is 2.16. The summed E-state index contributed by atoms with van der Waals surface area (Å²) in [6.07, 6.45) is 34.5. The lowest BCUT2D eigenvalue weighted by atomic mass is 10.0. The average Bonchev–Trinajstić information content (AvgIpc) is 2.84. The van der Waals surface area contributed by atoms with Crippen LogP contribution in [-0.2, 0) is 0 Å². The zero-order chi connectivity index (χ0) is 23.5. The molecule has 0 radical (unpaired) electrons. The van der Waals surface area contributed by atoms with E-state index in [9.17, 15) is 0 Å². The lowest BCUT2D eigenvalue weighted by Crippen LogP contribution is -1.96. The number of para-hydroxylation sites is 1. The summed E-state index contributed by atoms with van der Waals surface area (Å²) in [5, 5.41) is 0. The summed E-state index contributed by atoms with van der Waals surface area (Å²) in [7, 11) is 0. The highest BCUT2D eigenvalue weighted by molar-refractivity contribution is 5.20. The summed E-state index contributed by atoms with van der Waals surface area (Å²) in [4.78, 5) is 0. The average molecular weight is 459 g/mol. The van der Waals surface area contributed by atoms with Crippen molar-refractivity contribution in [3.05, 3.63) is 30.3 Å². The van der Waals surface area contributed by atoms with Gasteiger partial charge >= 0.3 is 0 Å². The van der Waals surface area contributed by atoms with Crippen LogP contribution >= 0.6 is 0 Å². The van der Waals surface area contributed by atoms with Crippen LogP contribution in [0.25, 0.3) is 0 Å². The van der Waals surface area contributed by atoms with Crippen molar-refractivity contribution in [3.63, 3.8) is 0 Å². The largest absolute Gasteiger partial charge is 0.494 e. The molecule has 1 aromatic carbocycles. The Hall–Kier alpha value is -0.980. The van der Waals surface area contributed by atoms with Gasteiger partial charge in [0.25, 0.3) is 0 Å². The van der Waals surface area contributed by atoms with E-state index in [1.807, 2.05) is 30.3 Å². The van der Waals surface area contributed by atoms with Crippen LogP contribution in [0.2, 0.25) is 0 Å². The summed E-state index contributed by atoms with van der Waals surface area (Å²) < 4.78 is 5.76. The number of unbranched alkanes of at least 4 members (excludes halogenated alkanes) is 23. The Labute approximate surface area is 208 Å². The molecule has 0 saturated carbocycles. The molecule has 0 aliphatic rings. The van der Waals surface area contributed by atoms with Crippen LogP contribution in [0.3, 0.4) is 0 Å². The van der Waals surface area contributed by atoms with Crippen molar-refractivity contribution in [1.29, 1.82) is 0 Å². The van der Waals surface area contributed by atoms with E-state index >= 15 is 0 Å². The third-order valence-electron chi connectivity index (χ3n) is 7.01. The number of rotatable bonds is 26. The molecule has 0 aromatic heterocycles. The summed E-state index contributed by atoms with van der Waals surface area (Å²) in [5.74, 6) is 1.01. The van der Waals surface area contributed by atoms with Crippen molar-refractivity contribution in [1.82, 2.24) is 0 Å². The van der Waals surface area contributed by atoms with Gasteiger partial charge in [-0.1, -0.05) is 173 Å². The van der Waals surface area contributed by atoms with Gasteiger partial charge in [-0.3, -0.25) is 0 Å². The third kappa shape index (κ3) is 22.6. The van der Waals surface area contributed by atoms with Gasteiger partial charge in [0, 0.05) is 0 Å². The zero-order valence-electron chi connectivity index (χ0n) is 22.5. The number of hydrogen-bond donors (Lipinski definition) is 0. The molecule has 0 aliphatic carbocycles. The van der Waals surface area contributed by atoms with Crippen LogP contribution in [0, 0.1) is 0 Å². The molecule has 0 heterocycles. The van der Waals surface area contributed by atoms with Crippen LogP contribution in [0.5, 0.6) is 5.75 Å². The van der Waals surface area contributed by atoms with E-state index in [-0.39, 0.29) is 0 Å². The molecule has 0 aliphatic heterocycles. The van der Waals surface area contributed by atoms with Crippen molar-refractivity contribution in [2.24, 2.45) is 0 Å². The van der Waals surface area contributed by atoms with Gasteiger partial charge in [0.2, 0.25) is 0 Å². The Morgan fingerprint density at radius 1 is 0.394 bits per heavy atom. The first kappa shape index (κ1) is 30.1. The van der Waals surface area contributed by atoms with Gasteiger partial charge in [0.1, 0.15) is 5.75 Å². The van der Waals surface area contributed by atoms with Gasteiger partial charge in [-0.25, -0.2) is 0 Å². The molecule has 33 heavy (non-hydrogen) atoms. The first-order valence-corrected chi connectivity index (χ1v) is 15.1. The maximum atomic E-state index is 5.76. The fourth-order valence-electron chi connectivity index (χ4n) is 4.77. The molecule has 0 spiro atoms. The fraction of sp³-hybridized carbons (Fsp3) is 0.812. The Balaban J connectivity index is 1.64. The minimum atomic E-state index is 0.864. The summed E-state index contributed by atoms with van der Waals surface area (Å²) >= 11 is 0. The van der Waals surface area contributed by atoms with Gasteiger partial charge in [-0.15, -0.1) is 0 Å². The number of ether oxygens (including phenoxy) is 1. The minimum absolute atomic E-state index is 0.864. The normalized spacial score (nSPS) is 11.2. The fourth-order valence-corrected chi connectivity index (χ4v) is 4.77. The Bertz CT molecular complexity index is 469. The van der Waals surface area contributed by atoms with E-state index in [0.29, 0.717) is 0 Å². The van der Waals surface area contributed by atoms with Gasteiger partial charge in [-0.05, 0) is 18.6 Å². The monoisotopic (exact) mass is 458 g/mol. The highest BCUT2D eigenvalue weighted by atomic mass is 16.5. The lowest BCUT2D eigenvalue weighted by Gasteiger charge is -2.06. The van der Waals surface area contributed by atoms with E-state index in [0.717, 1.165) is 12.4 Å². The predicted molar refractivity (Wildman–Crippen MR) is 148 cm³/mol. The lowest BCUT2D eigenvalue weighted by molar-refractivity contribution is 0.304. The van der Waals surface area contributed by atoms with Crippen molar-refractivity contribution in [2.45, 2.75) is 161 Å². The van der Waals surface area contributed by atoms with Crippen LogP contribution < -0.4 is 4.74 Å². The zero-order valence-corrected chi connectivity index (χ0v) is 22.5. The van der Waals surface area contributed by atoms with E-state index < -0.39 is 0 Å². The molecule has 0 amide bonds. The maximum Gasteiger partial charge on any atom is 0.119 e. The first-order chi connectivity index (χ1) is 16.4. The molecule has 192 valence electrons. The minimum Gasteiger partial charge on any atom is -0.494 e. The van der Waals surface area contributed by atoms with Crippen molar-refractivity contribution in [3.8, 4) is 5.75 Å². The molecule has 1 rings (SSSR count). The molecular formula is C32H58O. The van der Waals surface area contributed by atoms with E-state index in [2.05, 4.69) is 6.92 Å². The van der Waals surface area contributed by atoms with Gasteiger partial charge in [0.05, 0.1) is 6.61 Å². The van der Waals surface area contributed by atoms with Crippen molar-refractivity contribution < 1.29 is 4.74 Å². The Kier molecular flexibility index (Phi) is 23.3. The standard InChI is InChI=1S/C32H58O/c1-2-3-4-5-6-7-8-9-10-11-12-13-14-15-16-17-18-19-20-21-22-23-24-28-31-33-32-29-26-25-27-30-32/h25-27,29-30H,2-24,28,31H2,1H3. The second kappa shape index (κ2) is 25.6. The van der Waals surface area contributed by atoms with Crippen LogP contribution in [0.15, 0.2) is 30.3 Å². The SMILES string of the molecule is CCCCCCCCCCCCCCCCCCCCCCCCCCOc1ccccc1. The summed E-state index contributed by atoms with van der Waals surface area (Å²) in [6.45, 7) is 3.17. The molecule has 1 heteroatoms. The molecule has 0 fully saturated rings. The molecular weight excluding hydrogens is 400 g/mol. The number of hydrogen-bond acceptors (Lipinski definition) is 1. The quantitative estimate of drug-likeness (QED) is 0.125. The molecule has 0 saturated heterocycles. The molecule has 1 aromatic rings.